The van der Waals surface area contributed by atoms with Crippen LogP contribution in [-0.4, -0.2) is 5.78 Å². The average Bonchev–Trinajstić information content (AvgIpc) is 2.14. The normalized spacial score (nSPS) is 17.9. The van der Waals surface area contributed by atoms with Gasteiger partial charge in [0.2, 0.25) is 0 Å². The van der Waals surface area contributed by atoms with Crippen molar-refractivity contribution in [2.45, 2.75) is 12.8 Å². The smallest absolute Gasteiger partial charge is 0.173 e. The van der Waals surface area contributed by atoms with E-state index in [4.69, 9.17) is 5.26 Å². The molecule has 0 aromatic carbocycles. The molecule has 0 aliphatic heterocycles. The van der Waals surface area contributed by atoms with Crippen molar-refractivity contribution in [3.8, 4) is 6.07 Å². The Balaban J connectivity index is 2.81. The SMILES string of the molecule is N#CC1=CCCC1=O. The van der Waals surface area contributed by atoms with Crippen LogP contribution in [0.1, 0.15) is 12.8 Å². The van der Waals surface area contributed by atoms with Crippen LogP contribution in [-0.2, 0) is 4.79 Å². The van der Waals surface area contributed by atoms with Gasteiger partial charge in [-0.15, -0.1) is 0 Å². The van der Waals surface area contributed by atoms with E-state index >= 15 is 0 Å². The number of hydrogen-bond acceptors (Lipinski definition) is 2. The Morgan fingerprint density at radius 2 is 2.50 bits per heavy atom. The van der Waals surface area contributed by atoms with Crippen molar-refractivity contribution in [1.29, 1.82) is 5.26 Å². The fraction of sp³-hybridized carbons (Fsp3) is 0.333. The van der Waals surface area contributed by atoms with Crippen molar-refractivity contribution in [2.24, 2.45) is 0 Å². The predicted molar refractivity (Wildman–Crippen MR) is 27.9 cm³/mol. The van der Waals surface area contributed by atoms with Gasteiger partial charge in [-0.05, 0) is 6.42 Å². The van der Waals surface area contributed by atoms with Crippen molar-refractivity contribution < 1.29 is 4.79 Å². The Morgan fingerprint density at radius 1 is 1.75 bits per heavy atom. The third-order valence-electron chi connectivity index (χ3n) is 1.14. The maximum atomic E-state index is 10.5. The summed E-state index contributed by atoms with van der Waals surface area (Å²) in [6.07, 6.45) is 2.97. The molecule has 0 spiro atoms. The number of carbonyl (C=O) groups is 1. The second kappa shape index (κ2) is 1.79. The fourth-order valence-corrected chi connectivity index (χ4v) is 0.704. The summed E-state index contributed by atoms with van der Waals surface area (Å²) >= 11 is 0. The molecule has 0 saturated heterocycles. The van der Waals surface area contributed by atoms with Gasteiger partial charge in [0.25, 0.3) is 0 Å². The van der Waals surface area contributed by atoms with Gasteiger partial charge in [-0.3, -0.25) is 4.79 Å². The number of allylic oxidation sites excluding steroid dienone is 2. The van der Waals surface area contributed by atoms with Gasteiger partial charge >= 0.3 is 0 Å². The lowest BCUT2D eigenvalue weighted by molar-refractivity contribution is -0.114. The summed E-state index contributed by atoms with van der Waals surface area (Å²) < 4.78 is 0. The molecule has 2 nitrogen and oxygen atoms in total. The Bertz CT molecular complexity index is 185. The van der Waals surface area contributed by atoms with E-state index in [0.717, 1.165) is 6.42 Å². The summed E-state index contributed by atoms with van der Waals surface area (Å²) in [6.45, 7) is 0. The number of carbonyl (C=O) groups excluding carboxylic acids is 1. The van der Waals surface area contributed by atoms with Crippen molar-refractivity contribution in [1.82, 2.24) is 0 Å². The van der Waals surface area contributed by atoms with Gasteiger partial charge < -0.3 is 0 Å². The molecule has 0 amide bonds. The van der Waals surface area contributed by atoms with Crippen molar-refractivity contribution in [2.75, 3.05) is 0 Å². The summed E-state index contributed by atoms with van der Waals surface area (Å²) in [7, 11) is 0. The second-order valence-corrected chi connectivity index (χ2v) is 1.69. The first-order valence-electron chi connectivity index (χ1n) is 2.48. The van der Waals surface area contributed by atoms with E-state index in [1.807, 2.05) is 6.07 Å². The van der Waals surface area contributed by atoms with Crippen LogP contribution in [0.4, 0.5) is 0 Å². The Morgan fingerprint density at radius 3 is 2.75 bits per heavy atom. The lowest BCUT2D eigenvalue weighted by Crippen LogP contribution is -1.90. The van der Waals surface area contributed by atoms with Crippen LogP contribution in [0.3, 0.4) is 0 Å². The Hall–Kier alpha value is -1.10. The summed E-state index contributed by atoms with van der Waals surface area (Å²) in [6, 6.07) is 1.83. The largest absolute Gasteiger partial charge is 0.293 e. The van der Waals surface area contributed by atoms with E-state index in [-0.39, 0.29) is 5.78 Å². The number of ketones is 1. The molecule has 2 heteroatoms. The highest BCUT2D eigenvalue weighted by molar-refractivity contribution is 6.00. The molecule has 0 bridgehead atoms. The molecule has 1 aliphatic rings. The first-order valence-corrected chi connectivity index (χ1v) is 2.48. The molecule has 8 heavy (non-hydrogen) atoms. The van der Waals surface area contributed by atoms with Crippen LogP contribution in [0.15, 0.2) is 11.6 Å². The van der Waals surface area contributed by atoms with E-state index in [1.165, 1.54) is 0 Å². The summed E-state index contributed by atoms with van der Waals surface area (Å²) in [4.78, 5) is 10.5. The highest BCUT2D eigenvalue weighted by atomic mass is 16.1. The molecule has 0 N–H and O–H groups in total. The molecule has 0 aromatic rings. The van der Waals surface area contributed by atoms with Crippen molar-refractivity contribution in [3.63, 3.8) is 0 Å². The number of nitrogens with zero attached hydrogens (tertiary/aromatic N) is 1. The molecule has 0 radical (unpaired) electrons. The van der Waals surface area contributed by atoms with E-state index < -0.39 is 0 Å². The molecule has 0 aromatic heterocycles. The third kappa shape index (κ3) is 0.627. The zero-order valence-electron chi connectivity index (χ0n) is 4.35. The van der Waals surface area contributed by atoms with E-state index in [1.54, 1.807) is 6.08 Å². The Kier molecular flexibility index (Phi) is 1.13. The van der Waals surface area contributed by atoms with Gasteiger partial charge in [0, 0.05) is 6.42 Å². The first-order chi connectivity index (χ1) is 3.84. The Labute approximate surface area is 47.4 Å². The van der Waals surface area contributed by atoms with E-state index in [9.17, 15) is 4.79 Å². The van der Waals surface area contributed by atoms with Crippen LogP contribution in [0, 0.1) is 11.3 Å². The van der Waals surface area contributed by atoms with E-state index in [2.05, 4.69) is 0 Å². The quantitative estimate of drug-likeness (QED) is 0.459. The number of hydrogen-bond donors (Lipinski definition) is 0. The second-order valence-electron chi connectivity index (χ2n) is 1.69. The highest BCUT2D eigenvalue weighted by Crippen LogP contribution is 2.11. The maximum Gasteiger partial charge on any atom is 0.173 e. The minimum Gasteiger partial charge on any atom is -0.293 e. The molecule has 0 heterocycles. The lowest BCUT2D eigenvalue weighted by atomic mass is 10.2. The van der Waals surface area contributed by atoms with Gasteiger partial charge in [-0.2, -0.15) is 5.26 Å². The maximum absolute atomic E-state index is 10.5. The van der Waals surface area contributed by atoms with Crippen LogP contribution in [0.2, 0.25) is 0 Å². The van der Waals surface area contributed by atoms with Gasteiger partial charge in [-0.25, -0.2) is 0 Å². The minimum atomic E-state index is -0.00694. The first kappa shape index (κ1) is 5.04. The minimum absolute atomic E-state index is 0.00694. The van der Waals surface area contributed by atoms with Crippen molar-refractivity contribution >= 4 is 5.78 Å². The summed E-state index contributed by atoms with van der Waals surface area (Å²) in [5.41, 5.74) is 0.338. The molecule has 0 unspecified atom stereocenters. The lowest BCUT2D eigenvalue weighted by Gasteiger charge is -1.78. The monoisotopic (exact) mass is 107 g/mol. The van der Waals surface area contributed by atoms with Gasteiger partial charge in [0.15, 0.2) is 5.78 Å². The number of nitriles is 1. The zero-order chi connectivity index (χ0) is 5.98. The number of Topliss-reactive ketones (excluding diaryl/α,β-unsaturated/α-hetero) is 1. The molecular formula is C6H5NO. The standard InChI is InChI=1S/C6H5NO/c7-4-5-2-1-3-6(5)8/h2H,1,3H2. The summed E-state index contributed by atoms with van der Waals surface area (Å²) in [5.74, 6) is -0.00694. The van der Waals surface area contributed by atoms with Crippen LogP contribution in [0.5, 0.6) is 0 Å². The topological polar surface area (TPSA) is 40.9 Å². The van der Waals surface area contributed by atoms with Gasteiger partial charge in [-0.1, -0.05) is 6.08 Å². The number of rotatable bonds is 0. The zero-order valence-corrected chi connectivity index (χ0v) is 4.35. The molecule has 1 aliphatic carbocycles. The molecular weight excluding hydrogens is 102 g/mol. The molecule has 0 saturated carbocycles. The molecule has 0 fully saturated rings. The van der Waals surface area contributed by atoms with Crippen LogP contribution >= 0.6 is 0 Å². The van der Waals surface area contributed by atoms with Crippen LogP contribution in [0.25, 0.3) is 0 Å². The molecule has 0 atom stereocenters. The predicted octanol–water partition coefficient (Wildman–Crippen LogP) is 0.799. The van der Waals surface area contributed by atoms with Gasteiger partial charge in [0.1, 0.15) is 6.07 Å². The van der Waals surface area contributed by atoms with E-state index in [0.29, 0.717) is 12.0 Å². The summed E-state index contributed by atoms with van der Waals surface area (Å²) in [5, 5.41) is 8.20. The molecule has 40 valence electrons. The third-order valence-corrected chi connectivity index (χ3v) is 1.14. The highest BCUT2D eigenvalue weighted by Gasteiger charge is 2.12. The average molecular weight is 107 g/mol. The van der Waals surface area contributed by atoms with Crippen LogP contribution < -0.4 is 0 Å². The fourth-order valence-electron chi connectivity index (χ4n) is 0.704. The van der Waals surface area contributed by atoms with Crippen molar-refractivity contribution in [3.05, 3.63) is 11.6 Å². The molecule has 1 rings (SSSR count). The van der Waals surface area contributed by atoms with Gasteiger partial charge in [0.05, 0.1) is 5.57 Å².